The number of methoxy groups -OCH3 is 1. The maximum atomic E-state index is 14.7. The van der Waals surface area contributed by atoms with Gasteiger partial charge in [-0.15, -0.1) is 0 Å². The third-order valence-electron chi connectivity index (χ3n) is 17.0. The summed E-state index contributed by atoms with van der Waals surface area (Å²) in [7, 11) is 1.44. The molecule has 54 heavy (non-hydrogen) atoms. The van der Waals surface area contributed by atoms with Crippen molar-refractivity contribution in [1.29, 1.82) is 0 Å². The van der Waals surface area contributed by atoms with Gasteiger partial charge < -0.3 is 10.1 Å². The molecular formula is C49H68N2O3. The first-order chi connectivity index (χ1) is 25.6. The summed E-state index contributed by atoms with van der Waals surface area (Å²) in [5.74, 6) is 2.51. The molecule has 9 atom stereocenters. The van der Waals surface area contributed by atoms with Crippen LogP contribution < -0.4 is 5.32 Å². The average Bonchev–Trinajstić information content (AvgIpc) is 3.54. The highest BCUT2D eigenvalue weighted by Crippen LogP contribution is 2.77. The molecule has 0 bridgehead atoms. The highest BCUT2D eigenvalue weighted by atomic mass is 16.5. The van der Waals surface area contributed by atoms with Crippen LogP contribution in [0.3, 0.4) is 0 Å². The molecule has 0 saturated heterocycles. The zero-order valence-electron chi connectivity index (χ0n) is 34.7. The molecule has 0 aliphatic heterocycles. The zero-order chi connectivity index (χ0) is 38.7. The molecule has 0 heterocycles. The first-order valence-corrected chi connectivity index (χ1v) is 21.2. The second-order valence-corrected chi connectivity index (χ2v) is 19.8. The molecule has 5 nitrogen and oxygen atoms in total. The minimum absolute atomic E-state index is 0.116. The van der Waals surface area contributed by atoms with Crippen LogP contribution in [0.25, 0.3) is 5.57 Å². The van der Waals surface area contributed by atoms with Gasteiger partial charge in [-0.2, -0.15) is 0 Å². The molecule has 1 N–H and O–H groups in total. The number of esters is 1. The van der Waals surface area contributed by atoms with E-state index in [0.717, 1.165) is 37.7 Å². The number of benzene rings is 2. The van der Waals surface area contributed by atoms with Gasteiger partial charge in [0.25, 0.3) is 0 Å². The summed E-state index contributed by atoms with van der Waals surface area (Å²) >= 11 is 0. The number of hydrogen-bond donors (Lipinski definition) is 1. The summed E-state index contributed by atoms with van der Waals surface area (Å²) < 4.78 is 5.03. The zero-order valence-corrected chi connectivity index (χ0v) is 34.7. The summed E-state index contributed by atoms with van der Waals surface area (Å²) in [4.78, 5) is 29.2. The van der Waals surface area contributed by atoms with Crippen LogP contribution in [0.4, 0.5) is 0 Å². The highest BCUT2D eigenvalue weighted by molar-refractivity contribution is 5.84. The lowest BCUT2D eigenvalue weighted by Gasteiger charge is -2.72. The Balaban J connectivity index is 1.13. The van der Waals surface area contributed by atoms with Crippen molar-refractivity contribution in [1.82, 2.24) is 10.2 Å². The SMILES string of the molecule is C=C(C)[C@@H]1CC[C@]2(C(=O)NCCN(CC(=O)OC)Cc3ccccc3)CC[C@]3(C)[C@H](CC[C@@H]4[C@@]5(C)CC=C(c6ccc(C)cc6)C(C)(C)[C@@H]5CC[C@]43C)[C@@H]12. The lowest BCUT2D eigenvalue weighted by molar-refractivity contribution is -0.225. The number of fused-ring (bicyclic) bond motifs is 7. The number of rotatable bonds is 10. The molecule has 4 fully saturated rings. The molecule has 1 amide bonds. The van der Waals surface area contributed by atoms with Crippen molar-refractivity contribution in [3.05, 3.63) is 89.5 Å². The van der Waals surface area contributed by atoms with E-state index in [1.54, 1.807) is 5.57 Å². The number of nitrogens with zero attached hydrogens (tertiary/aromatic N) is 1. The Kier molecular flexibility index (Phi) is 10.4. The molecule has 2 aromatic rings. The Morgan fingerprint density at radius 2 is 1.59 bits per heavy atom. The quantitative estimate of drug-likeness (QED) is 0.195. The largest absolute Gasteiger partial charge is 0.468 e. The van der Waals surface area contributed by atoms with Crippen LogP contribution in [-0.2, 0) is 20.9 Å². The molecule has 0 radical (unpaired) electrons. The van der Waals surface area contributed by atoms with Crippen LogP contribution in [0.2, 0.25) is 0 Å². The van der Waals surface area contributed by atoms with Gasteiger partial charge in [-0.05, 0) is 140 Å². The Labute approximate surface area is 326 Å². The molecule has 0 aromatic heterocycles. The van der Waals surface area contributed by atoms with E-state index >= 15 is 0 Å². The van der Waals surface area contributed by atoms with Gasteiger partial charge in [0.2, 0.25) is 5.91 Å². The number of allylic oxidation sites excluding steroid dienone is 3. The van der Waals surface area contributed by atoms with Gasteiger partial charge >= 0.3 is 5.97 Å². The molecule has 5 aliphatic carbocycles. The predicted octanol–water partition coefficient (Wildman–Crippen LogP) is 10.4. The summed E-state index contributed by atoms with van der Waals surface area (Å²) in [6.45, 7) is 24.0. The Morgan fingerprint density at radius 3 is 2.28 bits per heavy atom. The van der Waals surface area contributed by atoms with E-state index in [4.69, 9.17) is 4.74 Å². The molecule has 7 rings (SSSR count). The molecule has 0 spiro atoms. The minimum Gasteiger partial charge on any atom is -0.468 e. The summed E-state index contributed by atoms with van der Waals surface area (Å²) in [6, 6.07) is 19.5. The fraction of sp³-hybridized carbons (Fsp3) is 0.633. The van der Waals surface area contributed by atoms with E-state index in [9.17, 15) is 9.59 Å². The number of ether oxygens (including phenoxy) is 1. The first-order valence-electron chi connectivity index (χ1n) is 21.2. The fourth-order valence-electron chi connectivity index (χ4n) is 14.2. The van der Waals surface area contributed by atoms with Gasteiger partial charge in [0, 0.05) is 19.6 Å². The summed E-state index contributed by atoms with van der Waals surface area (Å²) in [5.41, 5.74) is 7.09. The number of nitrogens with one attached hydrogen (secondary N) is 1. The third kappa shape index (κ3) is 6.23. The lowest BCUT2D eigenvalue weighted by atomic mass is 9.32. The topological polar surface area (TPSA) is 58.6 Å². The van der Waals surface area contributed by atoms with Gasteiger partial charge in [0.1, 0.15) is 0 Å². The highest BCUT2D eigenvalue weighted by Gasteiger charge is 2.71. The Morgan fingerprint density at radius 1 is 0.870 bits per heavy atom. The molecular weight excluding hydrogens is 665 g/mol. The van der Waals surface area contributed by atoms with Crippen LogP contribution in [0.1, 0.15) is 116 Å². The molecule has 0 unspecified atom stereocenters. The predicted molar refractivity (Wildman–Crippen MR) is 220 cm³/mol. The number of carbonyl (C=O) groups is 2. The summed E-state index contributed by atoms with van der Waals surface area (Å²) in [6.07, 6.45) is 12.9. The molecule has 5 aliphatic rings. The molecule has 4 saturated carbocycles. The van der Waals surface area contributed by atoms with Crippen molar-refractivity contribution in [2.75, 3.05) is 26.7 Å². The van der Waals surface area contributed by atoms with Crippen LogP contribution >= 0.6 is 0 Å². The molecule has 2 aromatic carbocycles. The van der Waals surface area contributed by atoms with Crippen molar-refractivity contribution >= 4 is 17.4 Å². The standard InChI is InChI=1S/C49H68N2O3/c1-33(2)37-21-26-49(44(53)50-29-30-51(32-42(52)54-9)31-35-13-11-10-12-14-35)28-27-47(7)39(43(37)49)19-20-41-46(6)24-22-38(36-17-15-34(3)16-18-36)45(4,5)40(46)23-25-48(41,47)8/h10-18,22,37,39-41,43H,1,19-21,23-32H2,2-9H3,(H,50,53)/t37-,39+,40-,41+,43+,46-,47+,48+,49-/m0/s1. The first kappa shape index (κ1) is 39.1. The third-order valence-corrected chi connectivity index (χ3v) is 17.0. The van der Waals surface area contributed by atoms with E-state index < -0.39 is 0 Å². The van der Waals surface area contributed by atoms with Gasteiger partial charge in [-0.25, -0.2) is 0 Å². The number of aryl methyl sites for hydroxylation is 1. The molecule has 5 heteroatoms. The fourth-order valence-corrected chi connectivity index (χ4v) is 14.2. The smallest absolute Gasteiger partial charge is 0.319 e. The second-order valence-electron chi connectivity index (χ2n) is 19.8. The van der Waals surface area contributed by atoms with Crippen LogP contribution in [0, 0.1) is 63.6 Å². The number of carbonyl (C=O) groups excluding carboxylic acids is 2. The van der Waals surface area contributed by atoms with Crippen molar-refractivity contribution in [3.8, 4) is 0 Å². The lowest BCUT2D eigenvalue weighted by Crippen LogP contribution is -2.66. The average molecular weight is 733 g/mol. The van der Waals surface area contributed by atoms with Gasteiger partial charge in [0.05, 0.1) is 19.1 Å². The minimum atomic E-state index is -0.358. The van der Waals surface area contributed by atoms with Crippen molar-refractivity contribution < 1.29 is 14.3 Å². The van der Waals surface area contributed by atoms with E-state index in [1.807, 2.05) is 18.2 Å². The van der Waals surface area contributed by atoms with E-state index in [-0.39, 0.29) is 45.5 Å². The van der Waals surface area contributed by atoms with E-state index in [2.05, 4.69) is 108 Å². The maximum Gasteiger partial charge on any atom is 0.319 e. The van der Waals surface area contributed by atoms with Crippen LogP contribution in [0.5, 0.6) is 0 Å². The number of hydrogen-bond acceptors (Lipinski definition) is 4. The van der Waals surface area contributed by atoms with Crippen LogP contribution in [0.15, 0.2) is 72.8 Å². The van der Waals surface area contributed by atoms with Crippen LogP contribution in [-0.4, -0.2) is 43.5 Å². The number of amides is 1. The van der Waals surface area contributed by atoms with Crippen molar-refractivity contribution in [3.63, 3.8) is 0 Å². The Hall–Kier alpha value is -3.18. The van der Waals surface area contributed by atoms with E-state index in [0.29, 0.717) is 49.2 Å². The normalized spacial score (nSPS) is 36.5. The summed E-state index contributed by atoms with van der Waals surface area (Å²) in [5, 5.41) is 3.46. The van der Waals surface area contributed by atoms with Crippen molar-refractivity contribution in [2.45, 2.75) is 113 Å². The molecule has 292 valence electrons. The van der Waals surface area contributed by atoms with Crippen molar-refractivity contribution in [2.24, 2.45) is 56.7 Å². The Bertz CT molecular complexity index is 1760. The monoisotopic (exact) mass is 733 g/mol. The van der Waals surface area contributed by atoms with E-state index in [1.165, 1.54) is 49.5 Å². The second kappa shape index (κ2) is 14.4. The van der Waals surface area contributed by atoms with Gasteiger partial charge in [-0.3, -0.25) is 14.5 Å². The maximum absolute atomic E-state index is 14.7. The van der Waals surface area contributed by atoms with Gasteiger partial charge in [-0.1, -0.05) is 113 Å². The van der Waals surface area contributed by atoms with Gasteiger partial charge in [0.15, 0.2) is 0 Å².